The molecule has 1 heterocycles. The first-order chi connectivity index (χ1) is 9.50. The third-order valence-electron chi connectivity index (χ3n) is 2.41. The molecule has 3 N–H and O–H groups in total. The predicted octanol–water partition coefficient (Wildman–Crippen LogP) is -0.728. The van der Waals surface area contributed by atoms with Crippen LogP contribution in [0.2, 0.25) is 0 Å². The molecule has 7 nitrogen and oxygen atoms in total. The molecule has 0 aliphatic rings. The molecular weight excluding hydrogens is 283 g/mol. The van der Waals surface area contributed by atoms with E-state index in [2.05, 4.69) is 5.10 Å². The summed E-state index contributed by atoms with van der Waals surface area (Å²) in [7, 11) is -5.48. The van der Waals surface area contributed by atoms with Crippen LogP contribution >= 0.6 is 0 Å². The lowest BCUT2D eigenvalue weighted by molar-refractivity contribution is 0.425. The Morgan fingerprint density at radius 2 is 1.90 bits per heavy atom. The van der Waals surface area contributed by atoms with Crippen molar-refractivity contribution in [2.75, 3.05) is 0 Å². The molecule has 0 bridgehead atoms. The zero-order valence-electron chi connectivity index (χ0n) is 10.2. The summed E-state index contributed by atoms with van der Waals surface area (Å²) >= 11 is 0. The molecule has 0 aliphatic carbocycles. The van der Waals surface area contributed by atoms with Gasteiger partial charge >= 0.3 is 7.12 Å². The summed E-state index contributed by atoms with van der Waals surface area (Å²) < 4.78 is 28.6. The fourth-order valence-corrected chi connectivity index (χ4v) is 2.27. The lowest BCUT2D eigenvalue weighted by Gasteiger charge is -2.02. The molecule has 1 aromatic heterocycles. The van der Waals surface area contributed by atoms with Gasteiger partial charge < -0.3 is 14.5 Å². The highest BCUT2D eigenvalue weighted by molar-refractivity contribution is 7.89. The molecule has 1 aromatic carbocycles. The lowest BCUT2D eigenvalue weighted by Crippen LogP contribution is -2.31. The van der Waals surface area contributed by atoms with Gasteiger partial charge in [-0.15, -0.1) is 0 Å². The normalized spacial score (nSPS) is 11.7. The van der Waals surface area contributed by atoms with Gasteiger partial charge in [-0.2, -0.15) is 18.4 Å². The second kappa shape index (κ2) is 5.91. The van der Waals surface area contributed by atoms with Gasteiger partial charge in [0.25, 0.3) is 10.0 Å². The summed E-state index contributed by atoms with van der Waals surface area (Å²) in [6.07, 6.45) is 2.29. The van der Waals surface area contributed by atoms with E-state index in [9.17, 15) is 8.42 Å². The molecule has 0 saturated carbocycles. The minimum atomic E-state index is -3.76. The van der Waals surface area contributed by atoms with Crippen LogP contribution in [0, 0.1) is 0 Å². The number of benzene rings is 1. The highest BCUT2D eigenvalue weighted by Crippen LogP contribution is 2.06. The number of rotatable bonds is 5. The highest BCUT2D eigenvalue weighted by Gasteiger charge is 2.18. The molecule has 104 valence electrons. The first-order valence-corrected chi connectivity index (χ1v) is 7.02. The van der Waals surface area contributed by atoms with Crippen LogP contribution in [-0.4, -0.2) is 31.8 Å². The first kappa shape index (κ1) is 14.3. The van der Waals surface area contributed by atoms with E-state index in [1.165, 1.54) is 24.5 Å². The van der Waals surface area contributed by atoms with E-state index in [4.69, 9.17) is 14.5 Å². The molecule has 0 atom stereocenters. The van der Waals surface area contributed by atoms with Crippen LogP contribution in [0.25, 0.3) is 0 Å². The van der Waals surface area contributed by atoms with Gasteiger partial charge in [0.05, 0.1) is 17.4 Å². The second-order valence-electron chi connectivity index (χ2n) is 3.78. The van der Waals surface area contributed by atoms with Crippen LogP contribution in [0.5, 0.6) is 0 Å². The lowest BCUT2D eigenvalue weighted by atomic mass is 9.80. The molecule has 2 aromatic rings. The van der Waals surface area contributed by atoms with Crippen molar-refractivity contribution in [1.82, 2.24) is 4.83 Å². The Kier molecular flexibility index (Phi) is 4.23. The topological polar surface area (TPSA) is 112 Å². The van der Waals surface area contributed by atoms with Crippen molar-refractivity contribution < 1.29 is 22.9 Å². The number of furan rings is 1. The molecule has 0 amide bonds. The van der Waals surface area contributed by atoms with Crippen molar-refractivity contribution in [2.24, 2.45) is 5.10 Å². The van der Waals surface area contributed by atoms with Gasteiger partial charge in [-0.05, 0) is 18.2 Å². The number of nitrogens with zero attached hydrogens (tertiary/aromatic N) is 1. The zero-order chi connectivity index (χ0) is 14.6. The SMILES string of the molecule is O=S(=O)(NN=Cc1occc1B(O)O)c1ccccc1. The molecule has 20 heavy (non-hydrogen) atoms. The van der Waals surface area contributed by atoms with Crippen molar-refractivity contribution >= 4 is 28.8 Å². The Hall–Kier alpha value is -2.10. The largest absolute Gasteiger partial charge is 0.492 e. The van der Waals surface area contributed by atoms with Gasteiger partial charge in [0.15, 0.2) is 0 Å². The van der Waals surface area contributed by atoms with E-state index >= 15 is 0 Å². The summed E-state index contributed by atoms with van der Waals surface area (Å²) in [5.41, 5.74) is 0.0904. The van der Waals surface area contributed by atoms with E-state index in [0.717, 1.165) is 6.21 Å². The van der Waals surface area contributed by atoms with Gasteiger partial charge in [0.2, 0.25) is 0 Å². The molecular formula is C11H11BN2O5S. The maximum Gasteiger partial charge on any atom is 0.492 e. The Morgan fingerprint density at radius 3 is 2.55 bits per heavy atom. The summed E-state index contributed by atoms with van der Waals surface area (Å²) in [5.74, 6) is 0.0516. The summed E-state index contributed by atoms with van der Waals surface area (Å²) in [6.45, 7) is 0. The standard InChI is InChI=1S/C11H11BN2O5S/c15-12(16)10-6-7-19-11(10)8-13-14-20(17,18)9-4-2-1-3-5-9/h1-8,14-16H. The average Bonchev–Trinajstić information content (AvgIpc) is 2.88. The van der Waals surface area contributed by atoms with Gasteiger partial charge in [-0.1, -0.05) is 18.2 Å². The van der Waals surface area contributed by atoms with Crippen LogP contribution in [0.1, 0.15) is 5.76 Å². The molecule has 0 aliphatic heterocycles. The van der Waals surface area contributed by atoms with E-state index in [1.807, 2.05) is 4.83 Å². The zero-order valence-corrected chi connectivity index (χ0v) is 11.0. The van der Waals surface area contributed by atoms with Crippen LogP contribution in [0.4, 0.5) is 0 Å². The van der Waals surface area contributed by atoms with Gasteiger partial charge in [-0.3, -0.25) is 0 Å². The number of hydrogen-bond donors (Lipinski definition) is 3. The summed E-state index contributed by atoms with van der Waals surface area (Å²) in [6, 6.07) is 9.06. The fourth-order valence-electron chi connectivity index (χ4n) is 1.46. The fraction of sp³-hybridized carbons (Fsp3) is 0. The first-order valence-electron chi connectivity index (χ1n) is 5.54. The van der Waals surface area contributed by atoms with E-state index in [1.54, 1.807) is 18.2 Å². The van der Waals surface area contributed by atoms with Crippen molar-refractivity contribution in [1.29, 1.82) is 0 Å². The van der Waals surface area contributed by atoms with E-state index in [0.29, 0.717) is 0 Å². The van der Waals surface area contributed by atoms with Crippen molar-refractivity contribution in [3.63, 3.8) is 0 Å². The Bertz CT molecular complexity index is 697. The van der Waals surface area contributed by atoms with Crippen LogP contribution < -0.4 is 10.3 Å². The van der Waals surface area contributed by atoms with Crippen molar-refractivity contribution in [2.45, 2.75) is 4.90 Å². The minimum Gasteiger partial charge on any atom is -0.464 e. The summed E-state index contributed by atoms with van der Waals surface area (Å²) in [5, 5.41) is 21.6. The quantitative estimate of drug-likeness (QED) is 0.382. The number of nitrogens with one attached hydrogen (secondary N) is 1. The Morgan fingerprint density at radius 1 is 1.20 bits per heavy atom. The molecule has 0 spiro atoms. The van der Waals surface area contributed by atoms with Crippen LogP contribution in [0.15, 0.2) is 57.1 Å². The number of hydrazone groups is 1. The highest BCUT2D eigenvalue weighted by atomic mass is 32.2. The average molecular weight is 294 g/mol. The molecule has 0 radical (unpaired) electrons. The molecule has 0 unspecified atom stereocenters. The maximum absolute atomic E-state index is 11.8. The number of sulfonamides is 1. The molecule has 0 fully saturated rings. The second-order valence-corrected chi connectivity index (χ2v) is 5.44. The third kappa shape index (κ3) is 3.26. The van der Waals surface area contributed by atoms with Crippen LogP contribution in [-0.2, 0) is 10.0 Å². The predicted molar refractivity (Wildman–Crippen MR) is 72.9 cm³/mol. The Balaban J connectivity index is 2.12. The van der Waals surface area contributed by atoms with Gasteiger partial charge in [0, 0.05) is 5.46 Å². The monoisotopic (exact) mass is 294 g/mol. The van der Waals surface area contributed by atoms with Crippen molar-refractivity contribution in [3.05, 3.63) is 48.4 Å². The minimum absolute atomic E-state index is 0.0516. The third-order valence-corrected chi connectivity index (χ3v) is 3.65. The van der Waals surface area contributed by atoms with E-state index in [-0.39, 0.29) is 16.1 Å². The summed E-state index contributed by atoms with van der Waals surface area (Å²) in [4.78, 5) is 2.07. The molecule has 0 saturated heterocycles. The Labute approximate surface area is 115 Å². The maximum atomic E-state index is 11.8. The van der Waals surface area contributed by atoms with E-state index < -0.39 is 17.1 Å². The molecule has 9 heteroatoms. The smallest absolute Gasteiger partial charge is 0.464 e. The van der Waals surface area contributed by atoms with Gasteiger partial charge in [-0.25, -0.2) is 0 Å². The number of hydrogen-bond acceptors (Lipinski definition) is 6. The van der Waals surface area contributed by atoms with Crippen molar-refractivity contribution in [3.8, 4) is 0 Å². The molecule has 2 rings (SSSR count). The van der Waals surface area contributed by atoms with Crippen LogP contribution in [0.3, 0.4) is 0 Å². The van der Waals surface area contributed by atoms with Gasteiger partial charge in [0.1, 0.15) is 5.76 Å².